The van der Waals surface area contributed by atoms with Crippen LogP contribution in [-0.4, -0.2) is 21.1 Å². The number of carbonyl (C=O) groups is 1. The summed E-state index contributed by atoms with van der Waals surface area (Å²) in [5.74, 6) is -2.62. The first-order chi connectivity index (χ1) is 7.36. The molecule has 6 nitrogen and oxygen atoms in total. The molecule has 0 aliphatic heterocycles. The zero-order valence-corrected chi connectivity index (χ0v) is 8.18. The first-order valence-corrected chi connectivity index (χ1v) is 4.20. The number of hydrogen-bond acceptors (Lipinski definition) is 4. The van der Waals surface area contributed by atoms with Crippen molar-refractivity contribution in [2.24, 2.45) is 0 Å². The Hall–Kier alpha value is -2.02. The molecule has 0 saturated heterocycles. The second-order valence-electron chi connectivity index (χ2n) is 3.11. The SMILES string of the molecule is Cc1c(C(O)C(=O)O)ccc(F)c1[N+](=O)[O-]. The molecule has 2 N–H and O–H groups in total. The van der Waals surface area contributed by atoms with Crippen LogP contribution < -0.4 is 0 Å². The fraction of sp³-hybridized carbons (Fsp3) is 0.222. The first-order valence-electron chi connectivity index (χ1n) is 4.20. The van der Waals surface area contributed by atoms with Gasteiger partial charge in [0.05, 0.1) is 4.92 Å². The van der Waals surface area contributed by atoms with Crippen molar-refractivity contribution in [3.8, 4) is 0 Å². The van der Waals surface area contributed by atoms with E-state index in [2.05, 4.69) is 0 Å². The van der Waals surface area contributed by atoms with Crippen LogP contribution in [-0.2, 0) is 4.79 Å². The Labute approximate surface area is 89.1 Å². The molecule has 0 bridgehead atoms. The molecule has 0 fully saturated rings. The lowest BCUT2D eigenvalue weighted by molar-refractivity contribution is -0.388. The molecule has 0 saturated carbocycles. The van der Waals surface area contributed by atoms with E-state index >= 15 is 0 Å². The number of benzene rings is 1. The molecular formula is C9H8FNO5. The molecule has 1 aromatic carbocycles. The standard InChI is InChI=1S/C9H8FNO5/c1-4-5(8(12)9(13)14)2-3-6(10)7(4)11(15)16/h2-3,8,12H,1H3,(H,13,14). The van der Waals surface area contributed by atoms with Gasteiger partial charge in [-0.3, -0.25) is 10.1 Å². The molecule has 0 aromatic heterocycles. The van der Waals surface area contributed by atoms with Gasteiger partial charge in [-0.2, -0.15) is 4.39 Å². The van der Waals surface area contributed by atoms with Gasteiger partial charge < -0.3 is 10.2 Å². The molecule has 0 aliphatic carbocycles. The second-order valence-corrected chi connectivity index (χ2v) is 3.11. The van der Waals surface area contributed by atoms with Gasteiger partial charge in [-0.15, -0.1) is 0 Å². The van der Waals surface area contributed by atoms with E-state index in [9.17, 15) is 24.4 Å². The van der Waals surface area contributed by atoms with E-state index in [1.165, 1.54) is 6.92 Å². The molecule has 1 atom stereocenters. The van der Waals surface area contributed by atoms with Crippen LogP contribution in [0.25, 0.3) is 0 Å². The van der Waals surface area contributed by atoms with Crippen molar-refractivity contribution in [1.29, 1.82) is 0 Å². The average Bonchev–Trinajstić information content (AvgIpc) is 2.16. The highest BCUT2D eigenvalue weighted by molar-refractivity contribution is 5.75. The quantitative estimate of drug-likeness (QED) is 0.598. The normalized spacial score (nSPS) is 12.2. The van der Waals surface area contributed by atoms with Crippen molar-refractivity contribution in [1.82, 2.24) is 0 Å². The van der Waals surface area contributed by atoms with E-state index in [4.69, 9.17) is 5.11 Å². The maximum atomic E-state index is 13.1. The van der Waals surface area contributed by atoms with Crippen molar-refractivity contribution in [2.75, 3.05) is 0 Å². The maximum Gasteiger partial charge on any atom is 0.337 e. The van der Waals surface area contributed by atoms with Crippen LogP contribution in [0.4, 0.5) is 10.1 Å². The summed E-state index contributed by atoms with van der Waals surface area (Å²) in [5, 5.41) is 28.3. The van der Waals surface area contributed by atoms with Crippen LogP contribution in [0.3, 0.4) is 0 Å². The van der Waals surface area contributed by atoms with Crippen LogP contribution in [0.2, 0.25) is 0 Å². The fourth-order valence-corrected chi connectivity index (χ4v) is 1.34. The summed E-state index contributed by atoms with van der Waals surface area (Å²) in [4.78, 5) is 20.1. The molecule has 1 aromatic rings. The third kappa shape index (κ3) is 1.98. The average molecular weight is 229 g/mol. The lowest BCUT2D eigenvalue weighted by atomic mass is 10.0. The smallest absolute Gasteiger partial charge is 0.337 e. The number of carboxylic acids is 1. The Morgan fingerprint density at radius 3 is 2.56 bits per heavy atom. The third-order valence-corrected chi connectivity index (χ3v) is 2.13. The lowest BCUT2D eigenvalue weighted by Crippen LogP contribution is -2.13. The van der Waals surface area contributed by atoms with Crippen LogP contribution in [0, 0.1) is 22.9 Å². The van der Waals surface area contributed by atoms with Crippen molar-refractivity contribution < 1.29 is 24.3 Å². The number of aliphatic hydroxyl groups excluding tert-OH is 1. The number of nitro benzene ring substituents is 1. The third-order valence-electron chi connectivity index (χ3n) is 2.13. The molecule has 86 valence electrons. The highest BCUT2D eigenvalue weighted by atomic mass is 19.1. The molecule has 0 radical (unpaired) electrons. The van der Waals surface area contributed by atoms with Crippen LogP contribution in [0.1, 0.15) is 17.2 Å². The van der Waals surface area contributed by atoms with Crippen LogP contribution >= 0.6 is 0 Å². The Morgan fingerprint density at radius 2 is 2.12 bits per heavy atom. The summed E-state index contributed by atoms with van der Waals surface area (Å²) < 4.78 is 13.1. The van der Waals surface area contributed by atoms with E-state index in [-0.39, 0.29) is 11.1 Å². The van der Waals surface area contributed by atoms with E-state index < -0.39 is 28.5 Å². The summed E-state index contributed by atoms with van der Waals surface area (Å²) in [5.41, 5.74) is -1.21. The zero-order chi connectivity index (χ0) is 12.5. The first kappa shape index (κ1) is 12.1. The number of hydrogen-bond donors (Lipinski definition) is 2. The highest BCUT2D eigenvalue weighted by Crippen LogP contribution is 2.28. The van der Waals surface area contributed by atoms with Crippen molar-refractivity contribution in [3.63, 3.8) is 0 Å². The van der Waals surface area contributed by atoms with E-state index in [1.807, 2.05) is 0 Å². The molecule has 1 unspecified atom stereocenters. The molecule has 16 heavy (non-hydrogen) atoms. The minimum atomic E-state index is -1.90. The predicted molar refractivity (Wildman–Crippen MR) is 50.4 cm³/mol. The van der Waals surface area contributed by atoms with Gasteiger partial charge in [0.1, 0.15) is 0 Å². The number of aliphatic hydroxyl groups is 1. The molecule has 0 amide bonds. The topological polar surface area (TPSA) is 101 Å². The monoisotopic (exact) mass is 229 g/mol. The Morgan fingerprint density at radius 1 is 1.56 bits per heavy atom. The van der Waals surface area contributed by atoms with Gasteiger partial charge in [0, 0.05) is 11.1 Å². The Balaban J connectivity index is 3.40. The second kappa shape index (κ2) is 4.23. The van der Waals surface area contributed by atoms with Gasteiger partial charge in [0.15, 0.2) is 6.10 Å². The highest BCUT2D eigenvalue weighted by Gasteiger charge is 2.26. The summed E-state index contributed by atoms with van der Waals surface area (Å²) in [6.45, 7) is 1.18. The van der Waals surface area contributed by atoms with Crippen LogP contribution in [0.5, 0.6) is 0 Å². The van der Waals surface area contributed by atoms with Gasteiger partial charge in [-0.05, 0) is 13.0 Å². The number of carboxylic acid groups (broad SMARTS) is 1. The Kier molecular flexibility index (Phi) is 3.19. The largest absolute Gasteiger partial charge is 0.479 e. The minimum Gasteiger partial charge on any atom is -0.479 e. The number of rotatable bonds is 3. The lowest BCUT2D eigenvalue weighted by Gasteiger charge is -2.09. The molecular weight excluding hydrogens is 221 g/mol. The van der Waals surface area contributed by atoms with E-state index in [0.29, 0.717) is 0 Å². The molecule has 0 heterocycles. The van der Waals surface area contributed by atoms with E-state index in [1.54, 1.807) is 0 Å². The van der Waals surface area contributed by atoms with Gasteiger partial charge in [-0.1, -0.05) is 6.07 Å². The van der Waals surface area contributed by atoms with Gasteiger partial charge in [-0.25, -0.2) is 4.79 Å². The zero-order valence-electron chi connectivity index (χ0n) is 8.18. The number of nitrogens with zero attached hydrogens (tertiary/aromatic N) is 1. The summed E-state index contributed by atoms with van der Waals surface area (Å²) in [7, 11) is 0. The number of aliphatic carboxylic acids is 1. The van der Waals surface area contributed by atoms with Crippen molar-refractivity contribution in [3.05, 3.63) is 39.2 Å². The molecule has 0 spiro atoms. The van der Waals surface area contributed by atoms with Crippen LogP contribution in [0.15, 0.2) is 12.1 Å². The van der Waals surface area contributed by atoms with Gasteiger partial charge in [0.25, 0.3) is 0 Å². The minimum absolute atomic E-state index is 0.194. The fourth-order valence-electron chi connectivity index (χ4n) is 1.34. The molecule has 0 aliphatic rings. The summed E-state index contributed by atoms with van der Waals surface area (Å²) in [6, 6.07) is 1.77. The molecule has 1 rings (SSSR count). The van der Waals surface area contributed by atoms with E-state index in [0.717, 1.165) is 12.1 Å². The predicted octanol–water partition coefficient (Wildman–Crippen LogP) is 1.16. The summed E-state index contributed by atoms with van der Waals surface area (Å²) >= 11 is 0. The van der Waals surface area contributed by atoms with Gasteiger partial charge in [0.2, 0.25) is 5.82 Å². The maximum absolute atomic E-state index is 13.1. The molecule has 7 heteroatoms. The van der Waals surface area contributed by atoms with Gasteiger partial charge >= 0.3 is 11.7 Å². The van der Waals surface area contributed by atoms with Crippen molar-refractivity contribution >= 4 is 11.7 Å². The van der Waals surface area contributed by atoms with Crippen molar-refractivity contribution in [2.45, 2.75) is 13.0 Å². The number of halogens is 1. The Bertz CT molecular complexity index is 459. The number of nitro groups is 1. The summed E-state index contributed by atoms with van der Waals surface area (Å²) in [6.07, 6.45) is -1.90.